The average molecular weight is 282 g/mol. The van der Waals surface area contributed by atoms with Gasteiger partial charge in [-0.05, 0) is 25.7 Å². The second kappa shape index (κ2) is 4.59. The highest BCUT2D eigenvalue weighted by atomic mass is 32.1. The third-order valence-electron chi connectivity index (χ3n) is 3.57. The summed E-state index contributed by atoms with van der Waals surface area (Å²) >= 11 is 1.12. The van der Waals surface area contributed by atoms with Gasteiger partial charge in [0.1, 0.15) is 9.88 Å². The predicted octanol–water partition coefficient (Wildman–Crippen LogP) is 2.37. The predicted molar refractivity (Wildman–Crippen MR) is 72.3 cm³/mol. The van der Waals surface area contributed by atoms with Crippen LogP contribution >= 0.6 is 11.3 Å². The Labute approximate surface area is 116 Å². The first-order valence-electron chi connectivity index (χ1n) is 6.23. The lowest BCUT2D eigenvalue weighted by Gasteiger charge is -2.12. The minimum atomic E-state index is -0.969. The van der Waals surface area contributed by atoms with E-state index in [9.17, 15) is 9.59 Å². The maximum atomic E-state index is 12.0. The Balaban J connectivity index is 2.04. The summed E-state index contributed by atoms with van der Waals surface area (Å²) in [7, 11) is 0. The number of aromatic nitrogens is 1. The number of carbonyl (C=O) groups is 2. The number of nitrogens with zero attached hydrogens (tertiary/aromatic N) is 1. The van der Waals surface area contributed by atoms with Crippen molar-refractivity contribution in [3.05, 3.63) is 15.6 Å². The molecular formula is C13H18N2O3S. The lowest BCUT2D eigenvalue weighted by Crippen LogP contribution is -2.29. The van der Waals surface area contributed by atoms with Crippen LogP contribution in [0, 0.1) is 18.3 Å². The van der Waals surface area contributed by atoms with E-state index in [4.69, 9.17) is 5.11 Å². The SMILES string of the molecule is Cc1nc(C(C)NC(=O)C2CC2(C)C)sc1C(=O)O. The number of nitrogens with one attached hydrogen (secondary N) is 1. The van der Waals surface area contributed by atoms with Gasteiger partial charge in [-0.15, -0.1) is 11.3 Å². The molecule has 0 aliphatic heterocycles. The Bertz CT molecular complexity index is 536. The van der Waals surface area contributed by atoms with Gasteiger partial charge in [0.05, 0.1) is 11.7 Å². The van der Waals surface area contributed by atoms with Crippen LogP contribution in [0.4, 0.5) is 0 Å². The van der Waals surface area contributed by atoms with Gasteiger partial charge < -0.3 is 10.4 Å². The minimum Gasteiger partial charge on any atom is -0.477 e. The van der Waals surface area contributed by atoms with Crippen LogP contribution in [0.15, 0.2) is 0 Å². The highest BCUT2D eigenvalue weighted by molar-refractivity contribution is 7.13. The van der Waals surface area contributed by atoms with E-state index in [1.165, 1.54) is 0 Å². The summed E-state index contributed by atoms with van der Waals surface area (Å²) in [5.74, 6) is -0.875. The Kier molecular flexibility index (Phi) is 3.38. The van der Waals surface area contributed by atoms with Gasteiger partial charge in [0, 0.05) is 5.92 Å². The maximum Gasteiger partial charge on any atom is 0.347 e. The molecule has 2 unspecified atom stereocenters. The lowest BCUT2D eigenvalue weighted by atomic mass is 10.1. The van der Waals surface area contributed by atoms with E-state index in [1.54, 1.807) is 6.92 Å². The van der Waals surface area contributed by atoms with Crippen molar-refractivity contribution in [1.29, 1.82) is 0 Å². The van der Waals surface area contributed by atoms with E-state index in [0.29, 0.717) is 10.7 Å². The fourth-order valence-corrected chi connectivity index (χ4v) is 3.00. The van der Waals surface area contributed by atoms with E-state index in [2.05, 4.69) is 24.1 Å². The Hall–Kier alpha value is -1.43. The number of rotatable bonds is 4. The van der Waals surface area contributed by atoms with Crippen LogP contribution in [0.5, 0.6) is 0 Å². The molecule has 19 heavy (non-hydrogen) atoms. The normalized spacial score (nSPS) is 21.8. The van der Waals surface area contributed by atoms with Crippen molar-refractivity contribution in [2.24, 2.45) is 11.3 Å². The number of amides is 1. The van der Waals surface area contributed by atoms with E-state index in [1.807, 2.05) is 6.92 Å². The number of hydrogen-bond acceptors (Lipinski definition) is 4. The van der Waals surface area contributed by atoms with Gasteiger partial charge in [0.15, 0.2) is 0 Å². The van der Waals surface area contributed by atoms with Crippen molar-refractivity contribution >= 4 is 23.2 Å². The molecule has 1 saturated carbocycles. The Morgan fingerprint density at radius 1 is 1.53 bits per heavy atom. The molecule has 104 valence electrons. The van der Waals surface area contributed by atoms with Gasteiger partial charge in [-0.25, -0.2) is 9.78 Å². The van der Waals surface area contributed by atoms with E-state index in [-0.39, 0.29) is 28.2 Å². The molecule has 0 spiro atoms. The van der Waals surface area contributed by atoms with Crippen LogP contribution < -0.4 is 5.32 Å². The summed E-state index contributed by atoms with van der Waals surface area (Å²) in [5, 5.41) is 12.5. The van der Waals surface area contributed by atoms with Crippen LogP contribution in [0.3, 0.4) is 0 Å². The van der Waals surface area contributed by atoms with E-state index >= 15 is 0 Å². The first-order valence-corrected chi connectivity index (χ1v) is 7.05. The van der Waals surface area contributed by atoms with Gasteiger partial charge in [-0.1, -0.05) is 13.8 Å². The summed E-state index contributed by atoms with van der Waals surface area (Å²) in [6, 6.07) is -0.249. The minimum absolute atomic E-state index is 0.0298. The van der Waals surface area contributed by atoms with Crippen molar-refractivity contribution in [1.82, 2.24) is 10.3 Å². The topological polar surface area (TPSA) is 79.3 Å². The molecule has 6 heteroatoms. The number of hydrogen-bond donors (Lipinski definition) is 2. The van der Waals surface area contributed by atoms with Gasteiger partial charge in [-0.3, -0.25) is 4.79 Å². The third-order valence-corrected chi connectivity index (χ3v) is 4.89. The molecular weight excluding hydrogens is 264 g/mol. The largest absolute Gasteiger partial charge is 0.477 e. The van der Waals surface area contributed by atoms with Crippen molar-refractivity contribution in [3.8, 4) is 0 Å². The van der Waals surface area contributed by atoms with Crippen LogP contribution in [-0.2, 0) is 4.79 Å². The van der Waals surface area contributed by atoms with E-state index in [0.717, 1.165) is 17.8 Å². The molecule has 1 aromatic heterocycles. The standard InChI is InChI=1S/C13H18N2O3S/c1-6-9(12(17)18)19-11(15-6)7(2)14-10(16)8-5-13(8,3)4/h7-8H,5H2,1-4H3,(H,14,16)(H,17,18). The molecule has 1 fully saturated rings. The number of carboxylic acid groups (broad SMARTS) is 1. The molecule has 2 rings (SSSR count). The summed E-state index contributed by atoms with van der Waals surface area (Å²) in [6.07, 6.45) is 0.906. The molecule has 0 aromatic carbocycles. The van der Waals surface area contributed by atoms with Crippen molar-refractivity contribution in [2.45, 2.75) is 40.2 Å². The fourth-order valence-electron chi connectivity index (χ4n) is 2.09. The summed E-state index contributed by atoms with van der Waals surface area (Å²) in [4.78, 5) is 27.4. The number of aromatic carboxylic acids is 1. The van der Waals surface area contributed by atoms with Crippen LogP contribution in [0.2, 0.25) is 0 Å². The van der Waals surface area contributed by atoms with Crippen LogP contribution in [0.25, 0.3) is 0 Å². The highest BCUT2D eigenvalue weighted by Crippen LogP contribution is 2.51. The van der Waals surface area contributed by atoms with Crippen LogP contribution in [0.1, 0.15) is 53.6 Å². The molecule has 0 saturated heterocycles. The molecule has 0 radical (unpaired) electrons. The zero-order chi connectivity index (χ0) is 14.4. The quantitative estimate of drug-likeness (QED) is 0.888. The average Bonchev–Trinajstić information content (AvgIpc) is 2.75. The maximum absolute atomic E-state index is 12.0. The second-order valence-corrected chi connectivity index (χ2v) is 6.78. The molecule has 2 atom stereocenters. The van der Waals surface area contributed by atoms with Gasteiger partial charge >= 0.3 is 5.97 Å². The van der Waals surface area contributed by atoms with Gasteiger partial charge in [-0.2, -0.15) is 0 Å². The van der Waals surface area contributed by atoms with Gasteiger partial charge in [0.2, 0.25) is 5.91 Å². The monoisotopic (exact) mass is 282 g/mol. The van der Waals surface area contributed by atoms with Crippen molar-refractivity contribution in [2.75, 3.05) is 0 Å². The zero-order valence-corrected chi connectivity index (χ0v) is 12.3. The smallest absolute Gasteiger partial charge is 0.347 e. The summed E-state index contributed by atoms with van der Waals surface area (Å²) in [6.45, 7) is 7.63. The first kappa shape index (κ1) is 14.0. The third kappa shape index (κ3) is 2.78. The highest BCUT2D eigenvalue weighted by Gasteiger charge is 2.50. The number of carbonyl (C=O) groups excluding carboxylic acids is 1. The molecule has 1 aromatic rings. The van der Waals surface area contributed by atoms with Crippen LogP contribution in [-0.4, -0.2) is 22.0 Å². The molecule has 1 amide bonds. The van der Waals surface area contributed by atoms with Crippen molar-refractivity contribution in [3.63, 3.8) is 0 Å². The first-order chi connectivity index (χ1) is 8.72. The Morgan fingerprint density at radius 2 is 2.11 bits per heavy atom. The summed E-state index contributed by atoms with van der Waals surface area (Å²) < 4.78 is 0. The molecule has 1 heterocycles. The Morgan fingerprint density at radius 3 is 2.53 bits per heavy atom. The van der Waals surface area contributed by atoms with E-state index < -0.39 is 5.97 Å². The lowest BCUT2D eigenvalue weighted by molar-refractivity contribution is -0.123. The molecule has 1 aliphatic rings. The molecule has 0 bridgehead atoms. The van der Waals surface area contributed by atoms with Crippen molar-refractivity contribution < 1.29 is 14.7 Å². The number of carboxylic acids is 1. The second-order valence-electron chi connectivity index (χ2n) is 5.75. The number of thiazole rings is 1. The molecule has 1 aliphatic carbocycles. The fraction of sp³-hybridized carbons (Fsp3) is 0.615. The summed E-state index contributed by atoms with van der Waals surface area (Å²) in [5.41, 5.74) is 0.592. The molecule has 2 N–H and O–H groups in total. The number of aryl methyl sites for hydroxylation is 1. The van der Waals surface area contributed by atoms with Gasteiger partial charge in [0.25, 0.3) is 0 Å². The molecule has 5 nitrogen and oxygen atoms in total. The zero-order valence-electron chi connectivity index (χ0n) is 11.5.